The molecule has 0 aromatic carbocycles. The minimum Gasteiger partial charge on any atom is -0.387 e. The van der Waals surface area contributed by atoms with E-state index in [2.05, 4.69) is 5.73 Å². The zero-order chi connectivity index (χ0) is 10.6. The molecule has 0 saturated carbocycles. The number of aldehydes is 1. The standard InChI is InChI=1S/C6H11NO6/c7-6(13)5(12)4(11)3(10)2(9)1-8/h1-5,9-12H,(H2,7,13)/t2-,3+,4-,5-/m1/s1. The van der Waals surface area contributed by atoms with Crippen LogP contribution in [0.3, 0.4) is 0 Å². The van der Waals surface area contributed by atoms with E-state index in [0.29, 0.717) is 0 Å². The van der Waals surface area contributed by atoms with Gasteiger partial charge in [-0.15, -0.1) is 0 Å². The monoisotopic (exact) mass is 193 g/mol. The van der Waals surface area contributed by atoms with Crippen LogP contribution in [0.25, 0.3) is 0 Å². The summed E-state index contributed by atoms with van der Waals surface area (Å²) in [5.41, 5.74) is 4.59. The average molecular weight is 193 g/mol. The number of nitrogens with two attached hydrogens (primary N) is 1. The summed E-state index contributed by atoms with van der Waals surface area (Å²) in [6.07, 6.45) is -7.87. The topological polar surface area (TPSA) is 141 Å². The predicted octanol–water partition coefficient (Wildman–Crippen LogP) is -3.89. The van der Waals surface area contributed by atoms with Gasteiger partial charge in [0.05, 0.1) is 0 Å². The molecule has 0 unspecified atom stereocenters. The lowest BCUT2D eigenvalue weighted by Crippen LogP contribution is -2.49. The first-order valence-corrected chi connectivity index (χ1v) is 3.38. The molecule has 0 aliphatic carbocycles. The van der Waals surface area contributed by atoms with Gasteiger partial charge in [-0.3, -0.25) is 4.79 Å². The lowest BCUT2D eigenvalue weighted by molar-refractivity contribution is -0.147. The molecule has 6 N–H and O–H groups in total. The normalized spacial score (nSPS) is 20.0. The van der Waals surface area contributed by atoms with Crippen LogP contribution in [0, 0.1) is 0 Å². The molecule has 0 saturated heterocycles. The Bertz CT molecular complexity index is 196. The van der Waals surface area contributed by atoms with Gasteiger partial charge < -0.3 is 31.0 Å². The van der Waals surface area contributed by atoms with Crippen LogP contribution in [0.15, 0.2) is 0 Å². The van der Waals surface area contributed by atoms with Crippen LogP contribution in [0.1, 0.15) is 0 Å². The SMILES string of the molecule is NC(=O)[C@H](O)[C@H](O)[C@@H](O)[C@H](O)C=O. The first-order valence-electron chi connectivity index (χ1n) is 3.38. The van der Waals surface area contributed by atoms with Crippen LogP contribution in [-0.4, -0.2) is 57.0 Å². The second-order valence-corrected chi connectivity index (χ2v) is 2.46. The van der Waals surface area contributed by atoms with Gasteiger partial charge in [0.25, 0.3) is 0 Å². The number of amides is 1. The van der Waals surface area contributed by atoms with Gasteiger partial charge in [-0.1, -0.05) is 0 Å². The summed E-state index contributed by atoms with van der Waals surface area (Å²) in [7, 11) is 0. The molecule has 7 nitrogen and oxygen atoms in total. The molecule has 0 bridgehead atoms. The van der Waals surface area contributed by atoms with Gasteiger partial charge in [-0.25, -0.2) is 0 Å². The third kappa shape index (κ3) is 3.07. The van der Waals surface area contributed by atoms with Gasteiger partial charge in [-0.05, 0) is 0 Å². The van der Waals surface area contributed by atoms with Crippen LogP contribution in [0.4, 0.5) is 0 Å². The fraction of sp³-hybridized carbons (Fsp3) is 0.667. The summed E-state index contributed by atoms with van der Waals surface area (Å²) in [5, 5.41) is 35.3. The molecule has 0 aromatic rings. The van der Waals surface area contributed by atoms with Crippen LogP contribution < -0.4 is 5.73 Å². The largest absolute Gasteiger partial charge is 0.387 e. The van der Waals surface area contributed by atoms with E-state index in [-0.39, 0.29) is 6.29 Å². The summed E-state index contributed by atoms with van der Waals surface area (Å²) in [6, 6.07) is 0. The van der Waals surface area contributed by atoms with Gasteiger partial charge in [0.2, 0.25) is 5.91 Å². The highest BCUT2D eigenvalue weighted by Gasteiger charge is 2.32. The molecular weight excluding hydrogens is 182 g/mol. The molecule has 0 aliphatic rings. The van der Waals surface area contributed by atoms with Gasteiger partial charge in [0.15, 0.2) is 12.4 Å². The molecule has 0 aliphatic heterocycles. The highest BCUT2D eigenvalue weighted by molar-refractivity contribution is 5.79. The van der Waals surface area contributed by atoms with Crippen molar-refractivity contribution in [2.24, 2.45) is 5.73 Å². The maximum atomic E-state index is 10.3. The molecule has 0 aromatic heterocycles. The Morgan fingerprint density at radius 3 is 1.92 bits per heavy atom. The smallest absolute Gasteiger partial charge is 0.249 e. The van der Waals surface area contributed by atoms with Crippen molar-refractivity contribution in [2.45, 2.75) is 24.4 Å². The van der Waals surface area contributed by atoms with Gasteiger partial charge in [0, 0.05) is 0 Å². The average Bonchev–Trinajstić information content (AvgIpc) is 2.12. The molecule has 4 atom stereocenters. The number of rotatable bonds is 5. The highest BCUT2D eigenvalue weighted by atomic mass is 16.4. The first-order chi connectivity index (χ1) is 5.91. The van der Waals surface area contributed by atoms with Crippen molar-refractivity contribution >= 4 is 12.2 Å². The number of carbonyl (C=O) groups is 2. The van der Waals surface area contributed by atoms with Crippen LogP contribution in [0.5, 0.6) is 0 Å². The second kappa shape index (κ2) is 4.87. The first kappa shape index (κ1) is 12.0. The molecule has 0 spiro atoms. The van der Waals surface area contributed by atoms with Crippen molar-refractivity contribution < 1.29 is 30.0 Å². The van der Waals surface area contributed by atoms with Crippen molar-refractivity contribution in [3.8, 4) is 0 Å². The van der Waals surface area contributed by atoms with Crippen LogP contribution in [0.2, 0.25) is 0 Å². The second-order valence-electron chi connectivity index (χ2n) is 2.46. The van der Waals surface area contributed by atoms with E-state index in [0.717, 1.165) is 0 Å². The summed E-state index contributed by atoms with van der Waals surface area (Å²) >= 11 is 0. The van der Waals surface area contributed by atoms with Gasteiger partial charge >= 0.3 is 0 Å². The molecule has 0 heterocycles. The van der Waals surface area contributed by atoms with E-state index in [4.69, 9.17) is 20.4 Å². The number of aliphatic hydroxyl groups is 4. The summed E-state index contributed by atoms with van der Waals surface area (Å²) in [4.78, 5) is 20.2. The Morgan fingerprint density at radius 1 is 1.15 bits per heavy atom. The third-order valence-electron chi connectivity index (χ3n) is 1.45. The molecule has 7 heteroatoms. The summed E-state index contributed by atoms with van der Waals surface area (Å²) < 4.78 is 0. The van der Waals surface area contributed by atoms with Crippen molar-refractivity contribution in [3.05, 3.63) is 0 Å². The maximum Gasteiger partial charge on any atom is 0.249 e. The quantitative estimate of drug-likeness (QED) is 0.283. The fourth-order valence-electron chi connectivity index (χ4n) is 0.638. The molecule has 0 fully saturated rings. The van der Waals surface area contributed by atoms with E-state index >= 15 is 0 Å². The molecule has 13 heavy (non-hydrogen) atoms. The molecular formula is C6H11NO6. The minimum absolute atomic E-state index is 0.0401. The van der Waals surface area contributed by atoms with Crippen LogP contribution in [-0.2, 0) is 9.59 Å². The number of aliphatic hydroxyl groups excluding tert-OH is 4. The fourth-order valence-corrected chi connectivity index (χ4v) is 0.638. The lowest BCUT2D eigenvalue weighted by Gasteiger charge is -2.21. The Hall–Kier alpha value is -1.02. The van der Waals surface area contributed by atoms with Crippen molar-refractivity contribution in [2.75, 3.05) is 0 Å². The van der Waals surface area contributed by atoms with E-state index in [1.165, 1.54) is 0 Å². The number of primary amides is 1. The van der Waals surface area contributed by atoms with E-state index < -0.39 is 30.3 Å². The van der Waals surface area contributed by atoms with E-state index in [1.807, 2.05) is 0 Å². The Balaban J connectivity index is 4.32. The van der Waals surface area contributed by atoms with E-state index in [1.54, 1.807) is 0 Å². The maximum absolute atomic E-state index is 10.3. The highest BCUT2D eigenvalue weighted by Crippen LogP contribution is 2.03. The third-order valence-corrected chi connectivity index (χ3v) is 1.45. The Morgan fingerprint density at radius 2 is 1.62 bits per heavy atom. The number of hydrogen-bond acceptors (Lipinski definition) is 6. The zero-order valence-electron chi connectivity index (χ0n) is 6.57. The van der Waals surface area contributed by atoms with Crippen molar-refractivity contribution in [1.29, 1.82) is 0 Å². The summed E-state index contributed by atoms with van der Waals surface area (Å²) in [5.74, 6) is -1.26. The molecule has 0 radical (unpaired) electrons. The number of hydrogen-bond donors (Lipinski definition) is 5. The van der Waals surface area contributed by atoms with Crippen LogP contribution >= 0.6 is 0 Å². The summed E-state index contributed by atoms with van der Waals surface area (Å²) in [6.45, 7) is 0. The zero-order valence-corrected chi connectivity index (χ0v) is 6.57. The van der Waals surface area contributed by atoms with Gasteiger partial charge in [-0.2, -0.15) is 0 Å². The van der Waals surface area contributed by atoms with Crippen molar-refractivity contribution in [3.63, 3.8) is 0 Å². The Labute approximate surface area is 73.4 Å². The lowest BCUT2D eigenvalue weighted by atomic mass is 10.0. The molecule has 0 rings (SSSR count). The molecule has 1 amide bonds. The van der Waals surface area contributed by atoms with Gasteiger partial charge in [0.1, 0.15) is 18.3 Å². The van der Waals surface area contributed by atoms with Crippen molar-refractivity contribution in [1.82, 2.24) is 0 Å². The molecule has 76 valence electrons. The Kier molecular flexibility index (Phi) is 4.49. The predicted molar refractivity (Wildman–Crippen MR) is 39.3 cm³/mol. The van der Waals surface area contributed by atoms with E-state index in [9.17, 15) is 9.59 Å². The minimum atomic E-state index is -2.02. The number of carbonyl (C=O) groups excluding carboxylic acids is 2.